The van der Waals surface area contributed by atoms with Gasteiger partial charge >= 0.3 is 0 Å². The van der Waals surface area contributed by atoms with Crippen molar-refractivity contribution in [1.29, 1.82) is 0 Å². The number of nitrogens with zero attached hydrogens (tertiary/aromatic N) is 2. The van der Waals surface area contributed by atoms with Gasteiger partial charge in [0.2, 0.25) is 0 Å². The van der Waals surface area contributed by atoms with Gasteiger partial charge in [0.1, 0.15) is 5.82 Å². The van der Waals surface area contributed by atoms with Crippen molar-refractivity contribution < 1.29 is 0 Å². The summed E-state index contributed by atoms with van der Waals surface area (Å²) in [5, 5.41) is 0.760. The van der Waals surface area contributed by atoms with E-state index in [1.54, 1.807) is 0 Å². The summed E-state index contributed by atoms with van der Waals surface area (Å²) in [7, 11) is 0. The van der Waals surface area contributed by atoms with Gasteiger partial charge in [-0.25, -0.2) is 4.98 Å². The van der Waals surface area contributed by atoms with Crippen LogP contribution < -0.4 is 0 Å². The van der Waals surface area contributed by atoms with E-state index in [1.165, 1.54) is 0 Å². The summed E-state index contributed by atoms with van der Waals surface area (Å²) in [6.07, 6.45) is 0.793. The number of rotatable bonds is 4. The van der Waals surface area contributed by atoms with Crippen molar-refractivity contribution in [2.24, 2.45) is 16.7 Å². The molecule has 0 unspecified atom stereocenters. The number of hydrogen-bond acceptors (Lipinski definition) is 1. The average Bonchev–Trinajstić information content (AvgIpc) is 2.69. The Morgan fingerprint density at radius 2 is 1.86 bits per heavy atom. The van der Waals surface area contributed by atoms with Crippen LogP contribution in [0.3, 0.4) is 0 Å². The second-order valence-electron chi connectivity index (χ2n) is 7.21. The number of alkyl halides is 1. The first-order valence-electron chi connectivity index (χ1n) is 7.49. The van der Waals surface area contributed by atoms with E-state index in [9.17, 15) is 0 Å². The van der Waals surface area contributed by atoms with Gasteiger partial charge < -0.3 is 4.57 Å². The third-order valence-corrected chi connectivity index (χ3v) is 6.22. The summed E-state index contributed by atoms with van der Waals surface area (Å²) >= 11 is 12.1. The number of halogens is 2. The van der Waals surface area contributed by atoms with Crippen LogP contribution in [0.15, 0.2) is 18.2 Å². The molecule has 0 radical (unpaired) electrons. The second kappa shape index (κ2) is 4.89. The molecule has 1 heterocycles. The fourth-order valence-corrected chi connectivity index (χ4v) is 3.93. The molecule has 0 aliphatic heterocycles. The van der Waals surface area contributed by atoms with Gasteiger partial charge in [-0.05, 0) is 34.9 Å². The fourth-order valence-electron chi connectivity index (χ4n) is 3.60. The lowest BCUT2D eigenvalue weighted by atomic mass is 10.0. The van der Waals surface area contributed by atoms with Gasteiger partial charge in [0, 0.05) is 23.9 Å². The number of fused-ring (bicyclic) bond motifs is 1. The van der Waals surface area contributed by atoms with Gasteiger partial charge in [-0.3, -0.25) is 0 Å². The normalized spacial score (nSPS) is 20.1. The molecule has 0 N–H and O–H groups in total. The van der Waals surface area contributed by atoms with Crippen LogP contribution in [0.4, 0.5) is 0 Å². The Kier molecular flexibility index (Phi) is 3.53. The van der Waals surface area contributed by atoms with E-state index in [1.807, 2.05) is 18.2 Å². The van der Waals surface area contributed by atoms with E-state index in [2.05, 4.69) is 32.3 Å². The molecule has 0 spiro atoms. The molecule has 0 bridgehead atoms. The first kappa shape index (κ1) is 15.2. The number of hydrogen-bond donors (Lipinski definition) is 0. The predicted molar refractivity (Wildman–Crippen MR) is 90.2 cm³/mol. The van der Waals surface area contributed by atoms with Crippen molar-refractivity contribution in [3.8, 4) is 0 Å². The minimum atomic E-state index is 0.362. The maximum Gasteiger partial charge on any atom is 0.111 e. The largest absolute Gasteiger partial charge is 0.328 e. The van der Waals surface area contributed by atoms with Crippen molar-refractivity contribution in [3.63, 3.8) is 0 Å². The van der Waals surface area contributed by atoms with Crippen LogP contribution in [-0.2, 0) is 13.0 Å². The van der Waals surface area contributed by atoms with Crippen molar-refractivity contribution >= 4 is 34.2 Å². The molecule has 1 aromatic carbocycles. The van der Waals surface area contributed by atoms with Crippen LogP contribution in [0.5, 0.6) is 0 Å². The Balaban J connectivity index is 2.04. The molecular formula is C17H22Cl2N2. The van der Waals surface area contributed by atoms with Gasteiger partial charge in [-0.2, -0.15) is 0 Å². The van der Waals surface area contributed by atoms with Gasteiger partial charge in [0.05, 0.1) is 11.0 Å². The molecule has 2 nitrogen and oxygen atoms in total. The minimum Gasteiger partial charge on any atom is -0.328 e. The lowest BCUT2D eigenvalue weighted by Gasteiger charge is -2.10. The molecule has 1 aromatic heterocycles. The van der Waals surface area contributed by atoms with E-state index < -0.39 is 0 Å². The van der Waals surface area contributed by atoms with Crippen LogP contribution in [0, 0.1) is 16.7 Å². The molecule has 0 amide bonds. The Morgan fingerprint density at radius 3 is 2.43 bits per heavy atom. The maximum atomic E-state index is 6.17. The van der Waals surface area contributed by atoms with Crippen LogP contribution in [0.1, 0.15) is 33.5 Å². The van der Waals surface area contributed by atoms with E-state index in [4.69, 9.17) is 28.2 Å². The zero-order chi connectivity index (χ0) is 15.4. The summed E-state index contributed by atoms with van der Waals surface area (Å²) in [4.78, 5) is 4.74. The van der Waals surface area contributed by atoms with Crippen LogP contribution >= 0.6 is 23.2 Å². The third-order valence-electron chi connectivity index (χ3n) is 5.79. The number of aryl methyl sites for hydroxylation is 1. The summed E-state index contributed by atoms with van der Waals surface area (Å²) in [5.41, 5.74) is 2.86. The second-order valence-corrected chi connectivity index (χ2v) is 8.02. The highest BCUT2D eigenvalue weighted by Crippen LogP contribution is 2.69. The number of aromatic nitrogens is 2. The highest BCUT2D eigenvalue weighted by atomic mass is 35.5. The fraction of sp³-hybridized carbons (Fsp3) is 0.588. The SMILES string of the molecule is CC1(C)C(Cn2c(CCCl)nc3ccc(Cl)cc32)C1(C)C. The van der Waals surface area contributed by atoms with E-state index in [0.29, 0.717) is 22.6 Å². The molecule has 1 fully saturated rings. The predicted octanol–water partition coefficient (Wildman–Crippen LogP) is 5.15. The quantitative estimate of drug-likeness (QED) is 0.711. The molecule has 1 aliphatic rings. The van der Waals surface area contributed by atoms with Crippen molar-refractivity contribution in [2.75, 3.05) is 5.88 Å². The number of benzene rings is 1. The highest BCUT2D eigenvalue weighted by Gasteiger charge is 2.64. The van der Waals surface area contributed by atoms with E-state index >= 15 is 0 Å². The summed E-state index contributed by atoms with van der Waals surface area (Å²) in [5.74, 6) is 2.31. The molecule has 3 rings (SSSR count). The van der Waals surface area contributed by atoms with Gasteiger partial charge in [-0.1, -0.05) is 39.3 Å². The average molecular weight is 325 g/mol. The summed E-state index contributed by atoms with van der Waals surface area (Å²) in [6, 6.07) is 5.91. The lowest BCUT2D eigenvalue weighted by molar-refractivity contribution is 0.457. The van der Waals surface area contributed by atoms with Crippen molar-refractivity contribution in [3.05, 3.63) is 29.0 Å². The number of imidazole rings is 1. The third kappa shape index (κ3) is 2.27. The highest BCUT2D eigenvalue weighted by molar-refractivity contribution is 6.31. The Hall–Kier alpha value is -0.730. The van der Waals surface area contributed by atoms with Crippen molar-refractivity contribution in [1.82, 2.24) is 9.55 Å². The Bertz CT molecular complexity index is 671. The Morgan fingerprint density at radius 1 is 1.19 bits per heavy atom. The first-order valence-corrected chi connectivity index (χ1v) is 8.41. The smallest absolute Gasteiger partial charge is 0.111 e. The topological polar surface area (TPSA) is 17.8 Å². The summed E-state index contributed by atoms with van der Waals surface area (Å²) < 4.78 is 2.32. The van der Waals surface area contributed by atoms with E-state index in [-0.39, 0.29) is 0 Å². The first-order chi connectivity index (χ1) is 9.79. The molecule has 4 heteroatoms. The van der Waals surface area contributed by atoms with Crippen molar-refractivity contribution in [2.45, 2.75) is 40.7 Å². The molecular weight excluding hydrogens is 303 g/mol. The molecule has 1 saturated carbocycles. The molecule has 2 aromatic rings. The molecule has 0 atom stereocenters. The lowest BCUT2D eigenvalue weighted by Crippen LogP contribution is -2.09. The molecule has 0 saturated heterocycles. The molecule has 21 heavy (non-hydrogen) atoms. The van der Waals surface area contributed by atoms with Gasteiger partial charge in [0.15, 0.2) is 0 Å². The molecule has 1 aliphatic carbocycles. The zero-order valence-electron chi connectivity index (χ0n) is 13.1. The van der Waals surface area contributed by atoms with Gasteiger partial charge in [0.25, 0.3) is 0 Å². The zero-order valence-corrected chi connectivity index (χ0v) is 14.6. The monoisotopic (exact) mass is 324 g/mol. The van der Waals surface area contributed by atoms with Crippen LogP contribution in [0.25, 0.3) is 11.0 Å². The van der Waals surface area contributed by atoms with Gasteiger partial charge in [-0.15, -0.1) is 11.6 Å². The standard InChI is InChI=1S/C17H22Cl2N2/c1-16(2)14(17(16,3)4)10-21-13-9-11(19)5-6-12(13)20-15(21)7-8-18/h5-6,9,14H,7-8,10H2,1-4H3. The Labute approximate surface area is 136 Å². The van der Waals surface area contributed by atoms with E-state index in [0.717, 1.165) is 34.8 Å². The minimum absolute atomic E-state index is 0.362. The van der Waals surface area contributed by atoms with Crippen LogP contribution in [0.2, 0.25) is 5.02 Å². The summed E-state index contributed by atoms with van der Waals surface area (Å²) in [6.45, 7) is 10.4. The maximum absolute atomic E-state index is 6.17. The molecule has 114 valence electrons. The van der Waals surface area contributed by atoms with Crippen LogP contribution in [-0.4, -0.2) is 15.4 Å².